The van der Waals surface area contributed by atoms with Crippen molar-refractivity contribution in [2.75, 3.05) is 7.11 Å². The van der Waals surface area contributed by atoms with E-state index in [1.54, 1.807) is 13.2 Å². The minimum atomic E-state index is 0.326. The van der Waals surface area contributed by atoms with E-state index in [0.29, 0.717) is 17.9 Å². The van der Waals surface area contributed by atoms with Crippen molar-refractivity contribution in [2.24, 2.45) is 0 Å². The second-order valence-corrected chi connectivity index (χ2v) is 3.76. The van der Waals surface area contributed by atoms with Gasteiger partial charge in [-0.25, -0.2) is 0 Å². The Bertz CT molecular complexity index is 521. The quantitative estimate of drug-likeness (QED) is 0.755. The van der Waals surface area contributed by atoms with E-state index in [0.717, 1.165) is 17.6 Å². The Kier molecular flexibility index (Phi) is 3.97. The number of para-hydroxylation sites is 1. The molecule has 0 unspecified atom stereocenters. The van der Waals surface area contributed by atoms with Crippen LogP contribution < -0.4 is 9.47 Å². The van der Waals surface area contributed by atoms with E-state index < -0.39 is 0 Å². The molecule has 18 heavy (non-hydrogen) atoms. The lowest BCUT2D eigenvalue weighted by molar-refractivity contribution is -0.107. The predicted octanol–water partition coefficient (Wildman–Crippen LogP) is 3.23. The fraction of sp³-hybridized carbons (Fsp3) is 0.133. The zero-order valence-corrected chi connectivity index (χ0v) is 10.1. The normalized spacial score (nSPS) is 9.83. The van der Waals surface area contributed by atoms with Crippen LogP contribution in [0.4, 0.5) is 0 Å². The summed E-state index contributed by atoms with van der Waals surface area (Å²) in [5.74, 6) is 2.08. The molecule has 0 aromatic heterocycles. The molecule has 0 heterocycles. The number of benzene rings is 2. The Morgan fingerprint density at radius 3 is 2.50 bits per heavy atom. The summed E-state index contributed by atoms with van der Waals surface area (Å²) < 4.78 is 10.9. The summed E-state index contributed by atoms with van der Waals surface area (Å²) in [7, 11) is 1.60. The van der Waals surface area contributed by atoms with Crippen LogP contribution in [-0.2, 0) is 11.2 Å². The van der Waals surface area contributed by atoms with Gasteiger partial charge in [0.2, 0.25) is 0 Å². The van der Waals surface area contributed by atoms with Crippen LogP contribution in [0, 0.1) is 0 Å². The predicted molar refractivity (Wildman–Crippen MR) is 69.3 cm³/mol. The van der Waals surface area contributed by atoms with Gasteiger partial charge in [-0.3, -0.25) is 0 Å². The second-order valence-electron chi connectivity index (χ2n) is 3.76. The van der Waals surface area contributed by atoms with E-state index in [1.165, 1.54) is 0 Å². The highest BCUT2D eigenvalue weighted by atomic mass is 16.5. The largest absolute Gasteiger partial charge is 0.497 e. The van der Waals surface area contributed by atoms with Crippen molar-refractivity contribution in [3.8, 4) is 17.2 Å². The molecule has 0 atom stereocenters. The van der Waals surface area contributed by atoms with Crippen molar-refractivity contribution >= 4 is 6.29 Å². The Labute approximate surface area is 106 Å². The number of hydrogen-bond acceptors (Lipinski definition) is 3. The van der Waals surface area contributed by atoms with Crippen LogP contribution >= 0.6 is 0 Å². The third kappa shape index (κ3) is 2.88. The van der Waals surface area contributed by atoms with E-state index in [-0.39, 0.29) is 0 Å². The van der Waals surface area contributed by atoms with Crippen molar-refractivity contribution in [1.29, 1.82) is 0 Å². The van der Waals surface area contributed by atoms with Crippen LogP contribution in [0.2, 0.25) is 0 Å². The Hall–Kier alpha value is -2.29. The molecule has 3 nitrogen and oxygen atoms in total. The highest BCUT2D eigenvalue weighted by molar-refractivity contribution is 5.58. The summed E-state index contributed by atoms with van der Waals surface area (Å²) in [6.45, 7) is 0. The van der Waals surface area contributed by atoms with Crippen LogP contribution in [0.25, 0.3) is 0 Å². The first kappa shape index (κ1) is 12.2. The lowest BCUT2D eigenvalue weighted by Gasteiger charge is -2.11. The number of carbonyl (C=O) groups is 1. The third-order valence-corrected chi connectivity index (χ3v) is 2.55. The first-order chi connectivity index (χ1) is 8.83. The van der Waals surface area contributed by atoms with E-state index in [4.69, 9.17) is 9.47 Å². The zero-order chi connectivity index (χ0) is 12.8. The number of rotatable bonds is 5. The van der Waals surface area contributed by atoms with Gasteiger partial charge in [0.25, 0.3) is 0 Å². The molecule has 0 saturated heterocycles. The van der Waals surface area contributed by atoms with Gasteiger partial charge >= 0.3 is 0 Å². The summed E-state index contributed by atoms with van der Waals surface area (Å²) >= 11 is 0. The van der Waals surface area contributed by atoms with E-state index in [9.17, 15) is 4.79 Å². The number of carbonyl (C=O) groups excluding carboxylic acids is 1. The summed E-state index contributed by atoms with van der Waals surface area (Å²) in [4.78, 5) is 10.6. The van der Waals surface area contributed by atoms with Crippen LogP contribution in [0.5, 0.6) is 17.2 Å². The Balaban J connectivity index is 2.31. The summed E-state index contributed by atoms with van der Waals surface area (Å²) in [6, 6.07) is 14.9. The van der Waals surface area contributed by atoms with Gasteiger partial charge in [-0.1, -0.05) is 24.3 Å². The summed E-state index contributed by atoms with van der Waals surface area (Å²) in [6.07, 6.45) is 1.19. The van der Waals surface area contributed by atoms with Crippen molar-refractivity contribution < 1.29 is 14.3 Å². The van der Waals surface area contributed by atoms with E-state index >= 15 is 0 Å². The minimum Gasteiger partial charge on any atom is -0.497 e. The molecule has 0 aliphatic carbocycles. The minimum absolute atomic E-state index is 0.326. The number of hydrogen-bond donors (Lipinski definition) is 0. The molecule has 0 bridgehead atoms. The molecule has 0 saturated carbocycles. The molecular weight excluding hydrogens is 228 g/mol. The van der Waals surface area contributed by atoms with Crippen LogP contribution in [0.1, 0.15) is 5.56 Å². The molecule has 0 radical (unpaired) electrons. The molecule has 2 aromatic rings. The lowest BCUT2D eigenvalue weighted by Crippen LogP contribution is -1.94. The molecule has 0 spiro atoms. The molecule has 2 rings (SSSR count). The standard InChI is InChI=1S/C15H14O3/c1-17-14-8-7-12(9-10-16)15(11-14)18-13-5-3-2-4-6-13/h2-8,10-11H,9H2,1H3. The van der Waals surface area contributed by atoms with Gasteiger partial charge in [-0.05, 0) is 18.2 Å². The monoisotopic (exact) mass is 242 g/mol. The van der Waals surface area contributed by atoms with Gasteiger partial charge < -0.3 is 14.3 Å². The molecule has 0 fully saturated rings. The van der Waals surface area contributed by atoms with Crippen LogP contribution in [0.15, 0.2) is 48.5 Å². The molecule has 92 valence electrons. The van der Waals surface area contributed by atoms with Crippen LogP contribution in [-0.4, -0.2) is 13.4 Å². The van der Waals surface area contributed by atoms with Crippen molar-refractivity contribution in [3.05, 3.63) is 54.1 Å². The molecule has 0 amide bonds. The van der Waals surface area contributed by atoms with E-state index in [2.05, 4.69) is 0 Å². The summed E-state index contributed by atoms with van der Waals surface area (Å²) in [5.41, 5.74) is 0.842. The maximum atomic E-state index is 10.6. The first-order valence-electron chi connectivity index (χ1n) is 5.67. The second kappa shape index (κ2) is 5.87. The molecule has 2 aromatic carbocycles. The Morgan fingerprint density at radius 2 is 1.83 bits per heavy atom. The molecule has 3 heteroatoms. The number of ether oxygens (including phenoxy) is 2. The average molecular weight is 242 g/mol. The van der Waals surface area contributed by atoms with Crippen molar-refractivity contribution in [1.82, 2.24) is 0 Å². The van der Waals surface area contributed by atoms with Gasteiger partial charge in [-0.15, -0.1) is 0 Å². The van der Waals surface area contributed by atoms with E-state index in [1.807, 2.05) is 42.5 Å². The SMILES string of the molecule is COc1ccc(CC=O)c(Oc2ccccc2)c1. The zero-order valence-electron chi connectivity index (χ0n) is 10.1. The average Bonchev–Trinajstić information content (AvgIpc) is 2.42. The third-order valence-electron chi connectivity index (χ3n) is 2.55. The molecular formula is C15H14O3. The smallest absolute Gasteiger partial charge is 0.134 e. The maximum Gasteiger partial charge on any atom is 0.134 e. The molecule has 0 N–H and O–H groups in total. The van der Waals surface area contributed by atoms with Crippen molar-refractivity contribution in [3.63, 3.8) is 0 Å². The van der Waals surface area contributed by atoms with Gasteiger partial charge in [0.15, 0.2) is 0 Å². The first-order valence-corrected chi connectivity index (χ1v) is 5.67. The Morgan fingerprint density at radius 1 is 1.06 bits per heavy atom. The topological polar surface area (TPSA) is 35.5 Å². The van der Waals surface area contributed by atoms with Gasteiger partial charge in [0, 0.05) is 18.1 Å². The lowest BCUT2D eigenvalue weighted by atomic mass is 10.1. The van der Waals surface area contributed by atoms with Gasteiger partial charge in [-0.2, -0.15) is 0 Å². The number of aldehydes is 1. The highest BCUT2D eigenvalue weighted by Gasteiger charge is 2.06. The number of methoxy groups -OCH3 is 1. The molecule has 0 aliphatic rings. The van der Waals surface area contributed by atoms with Gasteiger partial charge in [0.1, 0.15) is 23.5 Å². The van der Waals surface area contributed by atoms with Crippen molar-refractivity contribution in [2.45, 2.75) is 6.42 Å². The maximum absolute atomic E-state index is 10.6. The fourth-order valence-electron chi connectivity index (χ4n) is 1.63. The summed E-state index contributed by atoms with van der Waals surface area (Å²) in [5, 5.41) is 0. The molecule has 0 aliphatic heterocycles. The van der Waals surface area contributed by atoms with Crippen LogP contribution in [0.3, 0.4) is 0 Å². The van der Waals surface area contributed by atoms with Gasteiger partial charge in [0.05, 0.1) is 7.11 Å². The fourth-order valence-corrected chi connectivity index (χ4v) is 1.63. The highest BCUT2D eigenvalue weighted by Crippen LogP contribution is 2.29.